The number of aliphatic carboxylic acids is 1. The standard InChI is InChI=1S/C14H12O3.C12H8N2.Tl/c15-13(16)14(17,11-7-3-1-4-8-11)12-9-5-2-6-10-12;1-3-9-5-6-10-4-2-8-14-12(10)11(9)13-7-1;/h1-10,17H,(H,15,16);1-8H;/q;;+1/p-1. The fourth-order valence-electron chi connectivity index (χ4n) is 3.44. The Bertz CT molecular complexity index is 1230. The van der Waals surface area contributed by atoms with Crippen molar-refractivity contribution in [3.8, 4) is 0 Å². The molecule has 5 aromatic rings. The number of benzene rings is 3. The number of aliphatic hydroxyl groups is 1. The van der Waals surface area contributed by atoms with E-state index in [1.54, 1.807) is 73.1 Å². The first-order valence-electron chi connectivity index (χ1n) is 9.74. The molecule has 0 fully saturated rings. The summed E-state index contributed by atoms with van der Waals surface area (Å²) in [7, 11) is 0. The van der Waals surface area contributed by atoms with Crippen LogP contribution < -0.4 is 5.11 Å². The summed E-state index contributed by atoms with van der Waals surface area (Å²) in [6.45, 7) is 0. The van der Waals surface area contributed by atoms with Crippen LogP contribution in [-0.2, 0) is 10.4 Å². The largest absolute Gasteiger partial charge is 1.00 e. The molecule has 0 spiro atoms. The molecule has 0 saturated carbocycles. The van der Waals surface area contributed by atoms with Gasteiger partial charge in [-0.3, -0.25) is 9.97 Å². The molecule has 0 atom stereocenters. The van der Waals surface area contributed by atoms with Crippen molar-refractivity contribution in [1.82, 2.24) is 9.97 Å². The van der Waals surface area contributed by atoms with Gasteiger partial charge in [0.1, 0.15) is 0 Å². The first kappa shape index (κ1) is 23.5. The molecule has 154 valence electrons. The van der Waals surface area contributed by atoms with E-state index in [1.165, 1.54) is 0 Å². The number of carbonyl (C=O) groups is 1. The quantitative estimate of drug-likeness (QED) is 0.251. The van der Waals surface area contributed by atoms with Crippen LogP contribution in [0.15, 0.2) is 109 Å². The second kappa shape index (κ2) is 10.4. The van der Waals surface area contributed by atoms with Crippen LogP contribution >= 0.6 is 0 Å². The van der Waals surface area contributed by atoms with Gasteiger partial charge in [0.2, 0.25) is 0 Å². The average molecular weight is 612 g/mol. The van der Waals surface area contributed by atoms with Gasteiger partial charge < -0.3 is 15.0 Å². The van der Waals surface area contributed by atoms with E-state index in [2.05, 4.69) is 34.2 Å². The van der Waals surface area contributed by atoms with E-state index >= 15 is 0 Å². The number of hydrogen-bond acceptors (Lipinski definition) is 5. The van der Waals surface area contributed by atoms with Crippen molar-refractivity contribution in [2.24, 2.45) is 0 Å². The maximum absolute atomic E-state index is 11.3. The number of hydrogen-bond donors (Lipinski definition) is 1. The summed E-state index contributed by atoms with van der Waals surface area (Å²) in [6.07, 6.45) is 3.60. The van der Waals surface area contributed by atoms with Gasteiger partial charge in [-0.1, -0.05) is 84.9 Å². The molecular weight excluding hydrogens is 593 g/mol. The van der Waals surface area contributed by atoms with Gasteiger partial charge in [-0.15, -0.1) is 0 Å². The molecule has 1 N–H and O–H groups in total. The van der Waals surface area contributed by atoms with E-state index in [1.807, 2.05) is 12.1 Å². The van der Waals surface area contributed by atoms with Crippen LogP contribution in [0.1, 0.15) is 11.1 Å². The summed E-state index contributed by atoms with van der Waals surface area (Å²) in [6, 6.07) is 28.6. The van der Waals surface area contributed by atoms with Crippen molar-refractivity contribution in [2.45, 2.75) is 5.60 Å². The van der Waals surface area contributed by atoms with E-state index in [4.69, 9.17) is 0 Å². The molecule has 2 aromatic heterocycles. The van der Waals surface area contributed by atoms with Gasteiger partial charge in [0.25, 0.3) is 0 Å². The third-order valence-corrected chi connectivity index (χ3v) is 5.02. The number of rotatable bonds is 3. The Labute approximate surface area is 205 Å². The zero-order valence-electron chi connectivity index (χ0n) is 17.1. The van der Waals surface area contributed by atoms with Gasteiger partial charge in [-0.25, -0.2) is 0 Å². The van der Waals surface area contributed by atoms with E-state index < -0.39 is 11.6 Å². The second-order valence-corrected chi connectivity index (χ2v) is 6.95. The van der Waals surface area contributed by atoms with Crippen LogP contribution in [0.25, 0.3) is 21.8 Å². The SMILES string of the molecule is O=C([O-])C(O)(c1ccccc1)c1ccccc1.[Tl+].c1cnc2c(c1)ccc1cccnc12. The van der Waals surface area contributed by atoms with E-state index in [0.29, 0.717) is 0 Å². The number of carbonyl (C=O) groups excluding carboxylic acids is 1. The van der Waals surface area contributed by atoms with Gasteiger partial charge in [-0.2, -0.15) is 0 Å². The van der Waals surface area contributed by atoms with Gasteiger partial charge in [-0.05, 0) is 23.3 Å². The van der Waals surface area contributed by atoms with Gasteiger partial charge in [0, 0.05) is 23.2 Å². The molecule has 2 heterocycles. The van der Waals surface area contributed by atoms with Crippen molar-refractivity contribution >= 4 is 55.1 Å². The molecule has 5 rings (SSSR count). The molecule has 0 bridgehead atoms. The molecule has 0 radical (unpaired) electrons. The fraction of sp³-hybridized carbons (Fsp3) is 0.0385. The maximum Gasteiger partial charge on any atom is 1.00 e. The summed E-state index contributed by atoms with van der Waals surface area (Å²) in [5.74, 6) is -1.53. The van der Waals surface area contributed by atoms with E-state index in [-0.39, 0.29) is 38.4 Å². The maximum atomic E-state index is 11.3. The Morgan fingerprint density at radius 1 is 0.656 bits per heavy atom. The number of nitrogens with zero attached hydrogens (tertiary/aromatic N) is 2. The Morgan fingerprint density at radius 3 is 1.44 bits per heavy atom. The van der Waals surface area contributed by atoms with Gasteiger partial charge in [0.15, 0.2) is 5.60 Å². The second-order valence-electron chi connectivity index (χ2n) is 6.95. The Morgan fingerprint density at radius 2 is 1.06 bits per heavy atom. The smallest absolute Gasteiger partial charge is 0.546 e. The predicted molar refractivity (Wildman–Crippen MR) is 124 cm³/mol. The third-order valence-electron chi connectivity index (χ3n) is 5.02. The van der Waals surface area contributed by atoms with Crippen molar-refractivity contribution in [3.63, 3.8) is 0 Å². The summed E-state index contributed by atoms with van der Waals surface area (Å²) < 4.78 is 0. The Hall–Kier alpha value is -3.17. The average Bonchev–Trinajstić information content (AvgIpc) is 2.85. The number of fused-ring (bicyclic) bond motifs is 3. The topological polar surface area (TPSA) is 86.1 Å². The van der Waals surface area contributed by atoms with E-state index in [0.717, 1.165) is 21.8 Å². The van der Waals surface area contributed by atoms with Crippen LogP contribution in [0, 0.1) is 0 Å². The van der Waals surface area contributed by atoms with Crippen LogP contribution in [0.2, 0.25) is 0 Å². The molecule has 6 heteroatoms. The first-order valence-corrected chi connectivity index (χ1v) is 9.74. The summed E-state index contributed by atoms with van der Waals surface area (Å²) in [4.78, 5) is 20.0. The van der Waals surface area contributed by atoms with Crippen LogP contribution in [0.5, 0.6) is 0 Å². The van der Waals surface area contributed by atoms with Gasteiger partial charge in [0.05, 0.1) is 17.0 Å². The predicted octanol–water partition coefficient (Wildman–Crippen LogP) is 3.07. The summed E-state index contributed by atoms with van der Waals surface area (Å²) >= 11 is 0. The van der Waals surface area contributed by atoms with Gasteiger partial charge >= 0.3 is 27.3 Å². The normalized spacial score (nSPS) is 10.7. The minimum Gasteiger partial charge on any atom is -0.546 e. The molecule has 0 unspecified atom stereocenters. The first-order chi connectivity index (χ1) is 15.1. The fourth-order valence-corrected chi connectivity index (χ4v) is 3.44. The molecule has 0 saturated heterocycles. The monoisotopic (exact) mass is 612 g/mol. The summed E-state index contributed by atoms with van der Waals surface area (Å²) in [5, 5.41) is 23.9. The van der Waals surface area contributed by atoms with Crippen molar-refractivity contribution in [3.05, 3.63) is 121 Å². The van der Waals surface area contributed by atoms with Crippen molar-refractivity contribution < 1.29 is 15.0 Å². The number of carboxylic acids is 1. The molecule has 32 heavy (non-hydrogen) atoms. The number of pyridine rings is 2. The van der Waals surface area contributed by atoms with Crippen LogP contribution in [0.3, 0.4) is 0 Å². The molecular formula is C26H19N2O3Tl. The Kier molecular flexibility index (Phi) is 7.66. The van der Waals surface area contributed by atoms with Crippen LogP contribution in [-0.4, -0.2) is 48.3 Å². The zero-order valence-corrected chi connectivity index (χ0v) is 21.6. The number of aromatic nitrogens is 2. The molecule has 0 aliphatic heterocycles. The molecule has 0 aliphatic carbocycles. The third kappa shape index (κ3) is 4.68. The van der Waals surface area contributed by atoms with Crippen molar-refractivity contribution in [1.29, 1.82) is 0 Å². The van der Waals surface area contributed by atoms with Crippen molar-refractivity contribution in [2.75, 3.05) is 0 Å². The number of carboxylic acid groups (broad SMARTS) is 1. The Balaban J connectivity index is 0.000000178. The molecule has 0 amide bonds. The molecule has 3 aromatic carbocycles. The van der Waals surface area contributed by atoms with Crippen LogP contribution in [0.4, 0.5) is 0 Å². The minimum absolute atomic E-state index is 0. The zero-order chi connectivity index (χ0) is 21.7. The summed E-state index contributed by atoms with van der Waals surface area (Å²) in [5.41, 5.74) is 0.413. The molecule has 5 nitrogen and oxygen atoms in total. The minimum atomic E-state index is -2.11. The van der Waals surface area contributed by atoms with E-state index in [9.17, 15) is 15.0 Å². The molecule has 0 aliphatic rings.